The Kier molecular flexibility index (Phi) is 5.72. The van der Waals surface area contributed by atoms with Crippen molar-refractivity contribution in [1.29, 1.82) is 0 Å². The van der Waals surface area contributed by atoms with Crippen molar-refractivity contribution in [1.82, 2.24) is 5.32 Å². The number of nitrogens with two attached hydrogens (primary N) is 1. The van der Waals surface area contributed by atoms with Gasteiger partial charge in [0.1, 0.15) is 6.10 Å². The average molecular weight is 356 g/mol. The lowest BCUT2D eigenvalue weighted by atomic mass is 10.2. The number of anilines is 1. The maximum atomic E-state index is 11.8. The van der Waals surface area contributed by atoms with Crippen LogP contribution in [0.2, 0.25) is 0 Å². The third-order valence-electron chi connectivity index (χ3n) is 3.21. The maximum Gasteiger partial charge on any atom is 0.249 e. The maximum absolute atomic E-state index is 11.8. The Morgan fingerprint density at radius 3 is 2.62 bits per heavy atom. The molecule has 1 aromatic carbocycles. The highest BCUT2D eigenvalue weighted by molar-refractivity contribution is 9.10. The molecule has 1 aromatic rings. The van der Waals surface area contributed by atoms with Gasteiger partial charge < -0.3 is 21.1 Å². The SMILES string of the molecule is NC[C@H]1CC[C@@H](C(=O)NCC(=O)Nc2ccc(Br)cc2)O1. The predicted molar refractivity (Wildman–Crippen MR) is 82.7 cm³/mol. The number of carbonyl (C=O) groups excluding carboxylic acids is 2. The van der Waals surface area contributed by atoms with E-state index in [9.17, 15) is 9.59 Å². The van der Waals surface area contributed by atoms with Crippen molar-refractivity contribution < 1.29 is 14.3 Å². The summed E-state index contributed by atoms with van der Waals surface area (Å²) in [6, 6.07) is 7.20. The Morgan fingerprint density at radius 1 is 1.29 bits per heavy atom. The smallest absolute Gasteiger partial charge is 0.249 e. The summed E-state index contributed by atoms with van der Waals surface area (Å²) < 4.78 is 6.39. The molecule has 114 valence electrons. The van der Waals surface area contributed by atoms with Crippen LogP contribution in [0.3, 0.4) is 0 Å². The van der Waals surface area contributed by atoms with E-state index in [0.717, 1.165) is 10.9 Å². The first kappa shape index (κ1) is 15.9. The number of carbonyl (C=O) groups is 2. The van der Waals surface area contributed by atoms with Crippen molar-refractivity contribution in [3.8, 4) is 0 Å². The lowest BCUT2D eigenvalue weighted by Gasteiger charge is -2.12. The first-order valence-electron chi connectivity index (χ1n) is 6.77. The average Bonchev–Trinajstić information content (AvgIpc) is 2.96. The van der Waals surface area contributed by atoms with Gasteiger partial charge in [-0.05, 0) is 37.1 Å². The highest BCUT2D eigenvalue weighted by Gasteiger charge is 2.29. The summed E-state index contributed by atoms with van der Waals surface area (Å²) in [4.78, 5) is 23.6. The predicted octanol–water partition coefficient (Wildman–Crippen LogP) is 1.01. The van der Waals surface area contributed by atoms with E-state index in [1.54, 1.807) is 12.1 Å². The Morgan fingerprint density at radius 2 is 2.00 bits per heavy atom. The van der Waals surface area contributed by atoms with E-state index in [2.05, 4.69) is 26.6 Å². The van der Waals surface area contributed by atoms with Crippen molar-refractivity contribution in [3.05, 3.63) is 28.7 Å². The zero-order valence-electron chi connectivity index (χ0n) is 11.5. The molecule has 0 radical (unpaired) electrons. The number of amides is 2. The van der Waals surface area contributed by atoms with Gasteiger partial charge in [0.15, 0.2) is 0 Å². The largest absolute Gasteiger partial charge is 0.364 e. The number of benzene rings is 1. The number of rotatable bonds is 5. The summed E-state index contributed by atoms with van der Waals surface area (Å²) >= 11 is 3.32. The van der Waals surface area contributed by atoms with Crippen LogP contribution < -0.4 is 16.4 Å². The van der Waals surface area contributed by atoms with Crippen LogP contribution >= 0.6 is 15.9 Å². The van der Waals surface area contributed by atoms with E-state index in [1.165, 1.54) is 0 Å². The van der Waals surface area contributed by atoms with Crippen LogP contribution in [0.5, 0.6) is 0 Å². The number of hydrogen-bond acceptors (Lipinski definition) is 4. The highest BCUT2D eigenvalue weighted by Crippen LogP contribution is 2.18. The molecular formula is C14H18BrN3O3. The molecule has 0 aromatic heterocycles. The molecule has 0 spiro atoms. The molecule has 2 rings (SSSR count). The number of nitrogens with one attached hydrogen (secondary N) is 2. The molecule has 0 bridgehead atoms. The lowest BCUT2D eigenvalue weighted by Crippen LogP contribution is -2.39. The van der Waals surface area contributed by atoms with Gasteiger partial charge >= 0.3 is 0 Å². The van der Waals surface area contributed by atoms with Gasteiger partial charge in [-0.3, -0.25) is 9.59 Å². The Balaban J connectivity index is 1.73. The number of hydrogen-bond donors (Lipinski definition) is 3. The molecule has 1 aliphatic heterocycles. The summed E-state index contributed by atoms with van der Waals surface area (Å²) in [5, 5.41) is 5.27. The standard InChI is InChI=1S/C14H18BrN3O3/c15-9-1-3-10(4-2-9)18-13(19)8-17-14(20)12-6-5-11(7-16)21-12/h1-4,11-12H,5-8,16H2,(H,17,20)(H,18,19)/t11-,12+/m1/s1. The van der Waals surface area contributed by atoms with Gasteiger partial charge in [0.05, 0.1) is 12.6 Å². The molecular weight excluding hydrogens is 338 g/mol. The fourth-order valence-corrected chi connectivity index (χ4v) is 2.36. The molecule has 21 heavy (non-hydrogen) atoms. The van der Waals surface area contributed by atoms with Crippen LogP contribution in [0.25, 0.3) is 0 Å². The van der Waals surface area contributed by atoms with Gasteiger partial charge in [-0.15, -0.1) is 0 Å². The molecule has 2 amide bonds. The minimum Gasteiger partial charge on any atom is -0.364 e. The van der Waals surface area contributed by atoms with Gasteiger partial charge in [-0.25, -0.2) is 0 Å². The molecule has 1 fully saturated rings. The van der Waals surface area contributed by atoms with Gasteiger partial charge in [0, 0.05) is 16.7 Å². The molecule has 4 N–H and O–H groups in total. The minimum atomic E-state index is -0.501. The summed E-state index contributed by atoms with van der Waals surface area (Å²) in [5.41, 5.74) is 6.17. The lowest BCUT2D eigenvalue weighted by molar-refractivity contribution is -0.133. The van der Waals surface area contributed by atoms with E-state index in [4.69, 9.17) is 10.5 Å². The van der Waals surface area contributed by atoms with E-state index < -0.39 is 6.10 Å². The van der Waals surface area contributed by atoms with Crippen molar-refractivity contribution in [3.63, 3.8) is 0 Å². The third-order valence-corrected chi connectivity index (χ3v) is 3.74. The van der Waals surface area contributed by atoms with Crippen LogP contribution in [0, 0.1) is 0 Å². The molecule has 1 heterocycles. The topological polar surface area (TPSA) is 93.5 Å². The second kappa shape index (κ2) is 7.53. The highest BCUT2D eigenvalue weighted by atomic mass is 79.9. The van der Waals surface area contributed by atoms with Gasteiger partial charge in [0.2, 0.25) is 11.8 Å². The molecule has 0 aliphatic carbocycles. The molecule has 0 unspecified atom stereocenters. The fourth-order valence-electron chi connectivity index (χ4n) is 2.09. The van der Waals surface area contributed by atoms with Crippen LogP contribution in [0.4, 0.5) is 5.69 Å². The van der Waals surface area contributed by atoms with E-state index in [-0.39, 0.29) is 24.5 Å². The number of ether oxygens (including phenoxy) is 1. The molecule has 1 saturated heterocycles. The summed E-state index contributed by atoms with van der Waals surface area (Å²) in [6.07, 6.45) is 0.859. The molecule has 7 heteroatoms. The van der Waals surface area contributed by atoms with Gasteiger partial charge in [0.25, 0.3) is 0 Å². The second-order valence-electron chi connectivity index (χ2n) is 4.83. The van der Waals surface area contributed by atoms with Gasteiger partial charge in [-0.2, -0.15) is 0 Å². The zero-order chi connectivity index (χ0) is 15.2. The molecule has 0 saturated carbocycles. The van der Waals surface area contributed by atoms with Crippen molar-refractivity contribution in [2.24, 2.45) is 5.73 Å². The second-order valence-corrected chi connectivity index (χ2v) is 5.75. The fraction of sp³-hybridized carbons (Fsp3) is 0.429. The molecule has 2 atom stereocenters. The summed E-state index contributed by atoms with van der Waals surface area (Å²) in [7, 11) is 0. The van der Waals surface area contributed by atoms with E-state index in [0.29, 0.717) is 18.7 Å². The summed E-state index contributed by atoms with van der Waals surface area (Å²) in [5.74, 6) is -0.545. The van der Waals surface area contributed by atoms with Crippen molar-refractivity contribution >= 4 is 33.4 Å². The monoisotopic (exact) mass is 355 g/mol. The Bertz CT molecular complexity index is 507. The van der Waals surface area contributed by atoms with E-state index in [1.807, 2.05) is 12.1 Å². The Hall–Kier alpha value is -1.44. The summed E-state index contributed by atoms with van der Waals surface area (Å²) in [6.45, 7) is 0.329. The third kappa shape index (κ3) is 4.80. The van der Waals surface area contributed by atoms with Crippen LogP contribution in [-0.2, 0) is 14.3 Å². The Labute approximate surface area is 131 Å². The van der Waals surface area contributed by atoms with Crippen LogP contribution in [0.15, 0.2) is 28.7 Å². The normalized spacial score (nSPS) is 21.0. The van der Waals surface area contributed by atoms with Crippen molar-refractivity contribution in [2.45, 2.75) is 25.0 Å². The van der Waals surface area contributed by atoms with Gasteiger partial charge in [-0.1, -0.05) is 15.9 Å². The minimum absolute atomic E-state index is 0.0580. The van der Waals surface area contributed by atoms with Crippen LogP contribution in [-0.4, -0.2) is 37.1 Å². The molecule has 1 aliphatic rings. The van der Waals surface area contributed by atoms with Crippen molar-refractivity contribution in [2.75, 3.05) is 18.4 Å². The first-order valence-corrected chi connectivity index (χ1v) is 7.56. The zero-order valence-corrected chi connectivity index (χ0v) is 13.1. The van der Waals surface area contributed by atoms with Crippen LogP contribution in [0.1, 0.15) is 12.8 Å². The molecule has 6 nitrogen and oxygen atoms in total. The van der Waals surface area contributed by atoms with E-state index >= 15 is 0 Å². The quantitative estimate of drug-likeness (QED) is 0.734. The first-order chi connectivity index (χ1) is 10.1. The number of halogens is 1.